The molecule has 1 N–H and O–H groups in total. The smallest absolute Gasteiger partial charge is 0.390 e. The third-order valence-corrected chi connectivity index (χ3v) is 5.17. The number of hydrogen-bond acceptors (Lipinski definition) is 5. The van der Waals surface area contributed by atoms with Crippen LogP contribution in [-0.2, 0) is 10.9 Å². The van der Waals surface area contributed by atoms with E-state index in [1.165, 1.54) is 0 Å². The number of nitrogens with zero attached hydrogens (tertiary/aromatic N) is 3. The van der Waals surface area contributed by atoms with Crippen LogP contribution in [0.5, 0.6) is 0 Å². The van der Waals surface area contributed by atoms with Gasteiger partial charge in [0.15, 0.2) is 0 Å². The Balaban J connectivity index is 1.98. The number of ether oxygens (including phenoxy) is 1. The van der Waals surface area contributed by atoms with Crippen molar-refractivity contribution in [3.63, 3.8) is 0 Å². The van der Waals surface area contributed by atoms with Gasteiger partial charge in [-0.1, -0.05) is 0 Å². The van der Waals surface area contributed by atoms with E-state index in [9.17, 15) is 23.5 Å². The Morgan fingerprint density at radius 3 is 2.84 bits per heavy atom. The summed E-state index contributed by atoms with van der Waals surface area (Å²) in [7, 11) is 0. The molecule has 0 unspecified atom stereocenters. The monoisotopic (exact) mass is 355 g/mol. The molecule has 1 aromatic heterocycles. The number of aromatic nitrogens is 1. The lowest BCUT2D eigenvalue weighted by molar-refractivity contribution is -0.141. The summed E-state index contributed by atoms with van der Waals surface area (Å²) in [5.74, 6) is -0.201. The van der Waals surface area contributed by atoms with Crippen LogP contribution in [0.3, 0.4) is 0 Å². The maximum atomic E-state index is 13.0. The second kappa shape index (κ2) is 6.46. The van der Waals surface area contributed by atoms with E-state index in [0.717, 1.165) is 18.6 Å². The molecule has 0 aliphatic carbocycles. The highest BCUT2D eigenvalue weighted by molar-refractivity contribution is 5.56. The maximum Gasteiger partial charge on any atom is 0.433 e. The van der Waals surface area contributed by atoms with Crippen molar-refractivity contribution in [1.29, 1.82) is 5.26 Å². The Hall–Kier alpha value is -1.85. The van der Waals surface area contributed by atoms with Crippen molar-refractivity contribution in [3.05, 3.63) is 23.4 Å². The van der Waals surface area contributed by atoms with Crippen LogP contribution >= 0.6 is 0 Å². The summed E-state index contributed by atoms with van der Waals surface area (Å²) in [5.41, 5.74) is -1.87. The van der Waals surface area contributed by atoms with Gasteiger partial charge in [-0.25, -0.2) is 4.98 Å². The van der Waals surface area contributed by atoms with Crippen molar-refractivity contribution < 1.29 is 23.0 Å². The Morgan fingerprint density at radius 1 is 1.44 bits per heavy atom. The Morgan fingerprint density at radius 2 is 2.20 bits per heavy atom. The first kappa shape index (κ1) is 18.0. The van der Waals surface area contributed by atoms with E-state index in [4.69, 9.17) is 4.74 Å². The van der Waals surface area contributed by atoms with Gasteiger partial charge in [0, 0.05) is 25.1 Å². The highest BCUT2D eigenvalue weighted by atomic mass is 19.4. The molecule has 2 fully saturated rings. The van der Waals surface area contributed by atoms with Crippen molar-refractivity contribution in [1.82, 2.24) is 4.98 Å². The number of halogens is 3. The van der Waals surface area contributed by atoms with E-state index < -0.39 is 17.5 Å². The van der Waals surface area contributed by atoms with Crippen LogP contribution in [0.1, 0.15) is 37.4 Å². The fourth-order valence-corrected chi connectivity index (χ4v) is 3.77. The Kier molecular flexibility index (Phi) is 4.64. The number of pyridine rings is 1. The lowest BCUT2D eigenvalue weighted by Gasteiger charge is -2.43. The molecule has 0 amide bonds. The SMILES string of the molecule is C[C@]1(O)CCOC[C@H]1[C@@H]1CCCN1c1nc(C(F)(F)F)ccc1C#N. The third kappa shape index (κ3) is 3.44. The van der Waals surface area contributed by atoms with Crippen molar-refractivity contribution >= 4 is 5.82 Å². The average molecular weight is 355 g/mol. The molecule has 0 aromatic carbocycles. The second-order valence-corrected chi connectivity index (χ2v) is 6.87. The summed E-state index contributed by atoms with van der Waals surface area (Å²) in [5, 5.41) is 20.0. The van der Waals surface area contributed by atoms with Crippen LogP contribution in [-0.4, -0.2) is 41.5 Å². The Bertz CT molecular complexity index is 685. The predicted molar refractivity (Wildman–Crippen MR) is 83.9 cm³/mol. The molecule has 3 rings (SSSR count). The summed E-state index contributed by atoms with van der Waals surface area (Å²) in [6, 6.07) is 3.71. The van der Waals surface area contributed by atoms with Gasteiger partial charge < -0.3 is 14.7 Å². The molecule has 25 heavy (non-hydrogen) atoms. The number of anilines is 1. The molecule has 136 valence electrons. The van der Waals surface area contributed by atoms with Gasteiger partial charge in [-0.15, -0.1) is 0 Å². The van der Waals surface area contributed by atoms with Crippen LogP contribution in [0.25, 0.3) is 0 Å². The molecule has 1 aromatic rings. The number of aliphatic hydroxyl groups is 1. The van der Waals surface area contributed by atoms with Gasteiger partial charge in [0.2, 0.25) is 0 Å². The number of alkyl halides is 3. The summed E-state index contributed by atoms with van der Waals surface area (Å²) in [4.78, 5) is 5.48. The zero-order valence-electron chi connectivity index (χ0n) is 13.9. The van der Waals surface area contributed by atoms with E-state index in [1.807, 2.05) is 6.07 Å². The molecule has 0 spiro atoms. The van der Waals surface area contributed by atoms with E-state index >= 15 is 0 Å². The summed E-state index contributed by atoms with van der Waals surface area (Å²) < 4.78 is 44.6. The van der Waals surface area contributed by atoms with Gasteiger partial charge in [0.25, 0.3) is 0 Å². The van der Waals surface area contributed by atoms with E-state index in [1.54, 1.807) is 11.8 Å². The third-order valence-electron chi connectivity index (χ3n) is 5.17. The van der Waals surface area contributed by atoms with Crippen LogP contribution < -0.4 is 4.90 Å². The fourth-order valence-electron chi connectivity index (χ4n) is 3.77. The molecule has 5 nitrogen and oxygen atoms in total. The van der Waals surface area contributed by atoms with E-state index in [2.05, 4.69) is 4.98 Å². The van der Waals surface area contributed by atoms with Crippen LogP contribution in [0, 0.1) is 17.2 Å². The first-order valence-electron chi connectivity index (χ1n) is 8.29. The summed E-state index contributed by atoms with van der Waals surface area (Å²) in [6.07, 6.45) is -2.62. The zero-order chi connectivity index (χ0) is 18.2. The molecule has 3 heterocycles. The fraction of sp³-hybridized carbons (Fsp3) is 0.647. The molecular weight excluding hydrogens is 335 g/mol. The molecule has 0 saturated carbocycles. The molecule has 2 aliphatic heterocycles. The van der Waals surface area contributed by atoms with Crippen LogP contribution in [0.2, 0.25) is 0 Å². The van der Waals surface area contributed by atoms with Crippen molar-refractivity contribution in [2.75, 3.05) is 24.7 Å². The van der Waals surface area contributed by atoms with E-state index in [-0.39, 0.29) is 23.3 Å². The predicted octanol–water partition coefficient (Wildman–Crippen LogP) is 2.73. The standard InChI is InChI=1S/C17H20F3N3O2/c1-16(24)6-8-25-10-12(16)13-3-2-7-23(13)15-11(9-21)4-5-14(22-15)17(18,19)20/h4-5,12-13,24H,2-3,6-8,10H2,1H3/t12-,13-,16-/m0/s1. The first-order valence-corrected chi connectivity index (χ1v) is 8.29. The largest absolute Gasteiger partial charge is 0.433 e. The Labute approximate surface area is 144 Å². The molecule has 8 heteroatoms. The quantitative estimate of drug-likeness (QED) is 0.883. The lowest BCUT2D eigenvalue weighted by atomic mass is 9.79. The molecule has 0 bridgehead atoms. The van der Waals surface area contributed by atoms with Gasteiger partial charge in [-0.05, 0) is 38.3 Å². The van der Waals surface area contributed by atoms with Gasteiger partial charge in [0.05, 0.1) is 17.8 Å². The lowest BCUT2D eigenvalue weighted by Crippen LogP contribution is -2.53. The molecule has 3 atom stereocenters. The second-order valence-electron chi connectivity index (χ2n) is 6.87. The van der Waals surface area contributed by atoms with Crippen molar-refractivity contribution in [3.8, 4) is 6.07 Å². The van der Waals surface area contributed by atoms with Crippen molar-refractivity contribution in [2.24, 2.45) is 5.92 Å². The van der Waals surface area contributed by atoms with Crippen molar-refractivity contribution in [2.45, 2.75) is 44.0 Å². The summed E-state index contributed by atoms with van der Waals surface area (Å²) >= 11 is 0. The highest BCUT2D eigenvalue weighted by Crippen LogP contribution is 2.39. The minimum absolute atomic E-state index is 0.0428. The topological polar surface area (TPSA) is 69.4 Å². The van der Waals surface area contributed by atoms with E-state index in [0.29, 0.717) is 32.6 Å². The van der Waals surface area contributed by atoms with Crippen LogP contribution in [0.4, 0.5) is 19.0 Å². The first-order chi connectivity index (χ1) is 11.7. The number of hydrogen-bond donors (Lipinski definition) is 1. The highest BCUT2D eigenvalue weighted by Gasteiger charge is 2.45. The van der Waals surface area contributed by atoms with Gasteiger partial charge in [-0.3, -0.25) is 0 Å². The maximum absolute atomic E-state index is 13.0. The van der Waals surface area contributed by atoms with Gasteiger partial charge >= 0.3 is 6.18 Å². The molecule has 2 saturated heterocycles. The minimum atomic E-state index is -4.57. The molecular formula is C17H20F3N3O2. The zero-order valence-corrected chi connectivity index (χ0v) is 13.9. The molecule has 0 radical (unpaired) electrons. The normalized spacial score (nSPS) is 30.3. The van der Waals surface area contributed by atoms with Crippen LogP contribution in [0.15, 0.2) is 12.1 Å². The molecule has 2 aliphatic rings. The van der Waals surface area contributed by atoms with Gasteiger partial charge in [-0.2, -0.15) is 18.4 Å². The number of rotatable bonds is 2. The minimum Gasteiger partial charge on any atom is -0.390 e. The van der Waals surface area contributed by atoms with Gasteiger partial charge in [0.1, 0.15) is 17.6 Å². The number of nitriles is 1. The average Bonchev–Trinajstić information content (AvgIpc) is 3.02. The summed E-state index contributed by atoms with van der Waals surface area (Å²) in [6.45, 7) is 3.04.